The van der Waals surface area contributed by atoms with Crippen molar-refractivity contribution >= 4 is 10.1 Å². The Hall–Kier alpha value is -1.49. The molecule has 21 heavy (non-hydrogen) atoms. The summed E-state index contributed by atoms with van der Waals surface area (Å²) in [5.41, 5.74) is -0.831. The average molecular weight is 320 g/mol. The number of hydrogen-bond donors (Lipinski definition) is 2. The highest BCUT2D eigenvalue weighted by atomic mass is 32.2. The Kier molecular flexibility index (Phi) is 4.33. The molecule has 1 fully saturated rings. The maximum Gasteiger partial charge on any atom is 0.330 e. The Labute approximate surface area is 120 Å². The second kappa shape index (κ2) is 5.72. The van der Waals surface area contributed by atoms with Crippen LogP contribution in [0.25, 0.3) is 0 Å². The van der Waals surface area contributed by atoms with Crippen molar-refractivity contribution in [3.8, 4) is 0 Å². The van der Waals surface area contributed by atoms with E-state index in [9.17, 15) is 23.1 Å². The standard InChI is InChI=1S/C11H16N2O7S/c1-6-4-13(11(16)12-10(6)15)9-3-7(14)8(20-9)5-19-21(2,17)18/h4,7-9,14H,3,5H2,1-2H3,(H,12,15,16)/t7-,8-,9-/m1/s1. The number of ether oxygens (including phenoxy) is 1. The van der Waals surface area contributed by atoms with Gasteiger partial charge in [0.2, 0.25) is 0 Å². The second-order valence-electron chi connectivity index (χ2n) is 4.90. The molecule has 9 nitrogen and oxygen atoms in total. The number of H-pyrrole nitrogens is 1. The van der Waals surface area contributed by atoms with Crippen LogP contribution in [0.3, 0.4) is 0 Å². The molecule has 1 aromatic heterocycles. The van der Waals surface area contributed by atoms with Crippen LogP contribution in [-0.2, 0) is 19.0 Å². The predicted octanol–water partition coefficient (Wildman–Crippen LogP) is -1.53. The molecular weight excluding hydrogens is 304 g/mol. The predicted molar refractivity (Wildman–Crippen MR) is 71.4 cm³/mol. The van der Waals surface area contributed by atoms with Gasteiger partial charge in [0.15, 0.2) is 0 Å². The molecule has 2 heterocycles. The number of aliphatic hydroxyl groups is 1. The normalized spacial score (nSPS) is 26.1. The summed E-state index contributed by atoms with van der Waals surface area (Å²) < 4.78 is 33.0. The minimum Gasteiger partial charge on any atom is -0.390 e. The SMILES string of the molecule is Cc1cn([C@H]2C[C@@H](O)[C@@H](COS(C)(=O)=O)O2)c(=O)[nH]c1=O. The highest BCUT2D eigenvalue weighted by Gasteiger charge is 2.36. The van der Waals surface area contributed by atoms with Crippen LogP contribution in [0.2, 0.25) is 0 Å². The van der Waals surface area contributed by atoms with Crippen LogP contribution in [0.5, 0.6) is 0 Å². The maximum atomic E-state index is 11.7. The van der Waals surface area contributed by atoms with Crippen LogP contribution >= 0.6 is 0 Å². The minimum absolute atomic E-state index is 0.0865. The fraction of sp³-hybridized carbons (Fsp3) is 0.636. The first-order valence-corrected chi connectivity index (χ1v) is 7.99. The van der Waals surface area contributed by atoms with Crippen LogP contribution < -0.4 is 11.2 Å². The number of aliphatic hydroxyl groups excluding tert-OH is 1. The number of nitrogens with zero attached hydrogens (tertiary/aromatic N) is 1. The van der Waals surface area contributed by atoms with Gasteiger partial charge in [-0.2, -0.15) is 8.42 Å². The highest BCUT2D eigenvalue weighted by Crippen LogP contribution is 2.27. The topological polar surface area (TPSA) is 128 Å². The summed E-state index contributed by atoms with van der Waals surface area (Å²) in [5, 5.41) is 9.85. The van der Waals surface area contributed by atoms with Gasteiger partial charge >= 0.3 is 5.69 Å². The molecule has 1 aliphatic heterocycles. The number of aryl methyl sites for hydroxylation is 1. The fourth-order valence-corrected chi connectivity index (χ4v) is 2.41. The van der Waals surface area contributed by atoms with Crippen molar-refractivity contribution in [2.75, 3.05) is 12.9 Å². The molecule has 0 saturated carbocycles. The highest BCUT2D eigenvalue weighted by molar-refractivity contribution is 7.85. The number of rotatable bonds is 4. The quantitative estimate of drug-likeness (QED) is 0.644. The molecule has 0 spiro atoms. The molecule has 0 aromatic carbocycles. The summed E-state index contributed by atoms with van der Waals surface area (Å²) in [5.74, 6) is 0. The van der Waals surface area contributed by atoms with Crippen molar-refractivity contribution in [1.82, 2.24) is 9.55 Å². The van der Waals surface area contributed by atoms with Crippen molar-refractivity contribution in [2.45, 2.75) is 31.8 Å². The third kappa shape index (κ3) is 3.79. The lowest BCUT2D eigenvalue weighted by Crippen LogP contribution is -2.33. The van der Waals surface area contributed by atoms with Crippen LogP contribution in [0.4, 0.5) is 0 Å². The first-order chi connectivity index (χ1) is 9.67. The average Bonchev–Trinajstić information content (AvgIpc) is 2.72. The Morgan fingerprint density at radius 1 is 1.52 bits per heavy atom. The van der Waals surface area contributed by atoms with E-state index in [1.807, 2.05) is 0 Å². The van der Waals surface area contributed by atoms with E-state index >= 15 is 0 Å². The summed E-state index contributed by atoms with van der Waals surface area (Å²) in [7, 11) is -3.64. The van der Waals surface area contributed by atoms with Crippen LogP contribution in [0, 0.1) is 6.92 Å². The summed E-state index contributed by atoms with van der Waals surface area (Å²) in [6, 6.07) is 0. The van der Waals surface area contributed by atoms with Gasteiger partial charge in [0.05, 0.1) is 19.0 Å². The summed E-state index contributed by atoms with van der Waals surface area (Å²) in [4.78, 5) is 25.2. The Morgan fingerprint density at radius 3 is 2.81 bits per heavy atom. The van der Waals surface area contributed by atoms with Gasteiger partial charge in [0.1, 0.15) is 12.3 Å². The van der Waals surface area contributed by atoms with Crippen LogP contribution in [0.1, 0.15) is 18.2 Å². The maximum absolute atomic E-state index is 11.7. The van der Waals surface area contributed by atoms with Crippen molar-refractivity contribution in [1.29, 1.82) is 0 Å². The van der Waals surface area contributed by atoms with E-state index in [1.165, 1.54) is 13.1 Å². The molecule has 118 valence electrons. The number of aromatic amines is 1. The summed E-state index contributed by atoms with van der Waals surface area (Å²) >= 11 is 0. The van der Waals surface area contributed by atoms with Gasteiger partial charge in [-0.1, -0.05) is 0 Å². The Balaban J connectivity index is 2.16. The van der Waals surface area contributed by atoms with Gasteiger partial charge in [-0.05, 0) is 6.92 Å². The third-order valence-electron chi connectivity index (χ3n) is 3.11. The van der Waals surface area contributed by atoms with E-state index in [1.54, 1.807) is 0 Å². The van der Waals surface area contributed by atoms with Crippen LogP contribution in [-0.4, -0.2) is 48.1 Å². The molecule has 0 radical (unpaired) electrons. The lowest BCUT2D eigenvalue weighted by atomic mass is 10.2. The first-order valence-electron chi connectivity index (χ1n) is 6.17. The molecule has 1 aromatic rings. The Bertz CT molecular complexity index is 736. The van der Waals surface area contributed by atoms with Crippen molar-refractivity contribution in [3.63, 3.8) is 0 Å². The van der Waals surface area contributed by atoms with Gasteiger partial charge < -0.3 is 9.84 Å². The van der Waals surface area contributed by atoms with Crippen molar-refractivity contribution in [2.24, 2.45) is 0 Å². The summed E-state index contributed by atoms with van der Waals surface area (Å²) in [6.07, 6.45) is -0.334. The van der Waals surface area contributed by atoms with Gasteiger partial charge in [-0.15, -0.1) is 0 Å². The van der Waals surface area contributed by atoms with Crippen molar-refractivity contribution in [3.05, 3.63) is 32.6 Å². The lowest BCUT2D eigenvalue weighted by molar-refractivity contribution is -0.0398. The van der Waals surface area contributed by atoms with Crippen molar-refractivity contribution < 1.29 is 22.4 Å². The molecule has 2 rings (SSSR count). The smallest absolute Gasteiger partial charge is 0.330 e. The van der Waals surface area contributed by atoms with E-state index in [4.69, 9.17) is 4.74 Å². The number of nitrogens with one attached hydrogen (secondary N) is 1. The van der Waals surface area contributed by atoms with Crippen LogP contribution in [0.15, 0.2) is 15.8 Å². The molecule has 0 bridgehead atoms. The van der Waals surface area contributed by atoms with Gasteiger partial charge in [0, 0.05) is 18.2 Å². The van der Waals surface area contributed by atoms with E-state index < -0.39 is 39.8 Å². The lowest BCUT2D eigenvalue weighted by Gasteiger charge is -2.15. The van der Waals surface area contributed by atoms with Gasteiger partial charge in [0.25, 0.3) is 15.7 Å². The third-order valence-corrected chi connectivity index (χ3v) is 3.67. The molecule has 1 saturated heterocycles. The zero-order valence-electron chi connectivity index (χ0n) is 11.5. The van der Waals surface area contributed by atoms with E-state index in [2.05, 4.69) is 9.17 Å². The molecule has 2 N–H and O–H groups in total. The molecule has 0 amide bonds. The number of aromatic nitrogens is 2. The summed E-state index contributed by atoms with van der Waals surface area (Å²) in [6.45, 7) is 1.19. The largest absolute Gasteiger partial charge is 0.390 e. The van der Waals surface area contributed by atoms with Gasteiger partial charge in [-0.3, -0.25) is 18.5 Å². The zero-order valence-corrected chi connectivity index (χ0v) is 12.3. The monoisotopic (exact) mass is 320 g/mol. The first kappa shape index (κ1) is 15.9. The molecule has 3 atom stereocenters. The Morgan fingerprint density at radius 2 is 2.19 bits per heavy atom. The molecule has 1 aliphatic rings. The minimum atomic E-state index is -3.64. The molecular formula is C11H16N2O7S. The molecule has 0 aliphatic carbocycles. The number of hydrogen-bond acceptors (Lipinski definition) is 7. The molecule has 10 heteroatoms. The fourth-order valence-electron chi connectivity index (χ4n) is 2.03. The van der Waals surface area contributed by atoms with Gasteiger partial charge in [-0.25, -0.2) is 4.79 Å². The second-order valence-corrected chi connectivity index (χ2v) is 6.54. The molecule has 0 unspecified atom stereocenters. The van der Waals surface area contributed by atoms with E-state index in [0.29, 0.717) is 5.56 Å². The van der Waals surface area contributed by atoms with E-state index in [0.717, 1.165) is 10.8 Å². The van der Waals surface area contributed by atoms with E-state index in [-0.39, 0.29) is 13.0 Å². The zero-order chi connectivity index (χ0) is 15.8.